The van der Waals surface area contributed by atoms with Crippen molar-refractivity contribution < 1.29 is 0 Å². The first kappa shape index (κ1) is 12.9. The Morgan fingerprint density at radius 3 is 3.11 bits per heavy atom. The monoisotopic (exact) mass is 319 g/mol. The van der Waals surface area contributed by atoms with Crippen LogP contribution in [0, 0.1) is 6.92 Å². The standard InChI is InChI=1S/C15H18BrN3/c1-11-7-13(16)4-5-15(11)12-8-18-19(9-12)10-14-3-2-6-17-14/h4-5,7-9,14,17H,2-3,6,10H2,1H3. The number of aryl methyl sites for hydroxylation is 1. The van der Waals surface area contributed by atoms with E-state index in [1.165, 1.54) is 29.5 Å². The minimum absolute atomic E-state index is 0.582. The van der Waals surface area contributed by atoms with Crippen LogP contribution in [-0.2, 0) is 6.54 Å². The van der Waals surface area contributed by atoms with Crippen LogP contribution in [0.25, 0.3) is 11.1 Å². The average molecular weight is 320 g/mol. The van der Waals surface area contributed by atoms with Crippen molar-refractivity contribution in [3.05, 3.63) is 40.6 Å². The molecule has 0 spiro atoms. The van der Waals surface area contributed by atoms with Gasteiger partial charge in [0.2, 0.25) is 0 Å². The number of halogens is 1. The molecule has 0 radical (unpaired) electrons. The normalized spacial score (nSPS) is 18.9. The van der Waals surface area contributed by atoms with E-state index in [1.807, 2.05) is 6.20 Å². The van der Waals surface area contributed by atoms with Crippen LogP contribution >= 0.6 is 15.9 Å². The lowest BCUT2D eigenvalue weighted by molar-refractivity contribution is 0.476. The minimum Gasteiger partial charge on any atom is -0.312 e. The number of rotatable bonds is 3. The van der Waals surface area contributed by atoms with Crippen LogP contribution in [0.4, 0.5) is 0 Å². The van der Waals surface area contributed by atoms with Crippen molar-refractivity contribution in [3.8, 4) is 11.1 Å². The van der Waals surface area contributed by atoms with Crippen molar-refractivity contribution in [2.24, 2.45) is 0 Å². The van der Waals surface area contributed by atoms with Gasteiger partial charge in [0.05, 0.1) is 12.7 Å². The Kier molecular flexibility index (Phi) is 3.71. The lowest BCUT2D eigenvalue weighted by Crippen LogP contribution is -2.26. The molecule has 3 nitrogen and oxygen atoms in total. The molecule has 0 amide bonds. The predicted molar refractivity (Wildman–Crippen MR) is 81.1 cm³/mol. The van der Waals surface area contributed by atoms with Gasteiger partial charge < -0.3 is 5.32 Å². The first-order valence-electron chi connectivity index (χ1n) is 6.75. The van der Waals surface area contributed by atoms with Crippen molar-refractivity contribution in [1.82, 2.24) is 15.1 Å². The van der Waals surface area contributed by atoms with E-state index in [-0.39, 0.29) is 0 Å². The summed E-state index contributed by atoms with van der Waals surface area (Å²) in [6.07, 6.45) is 6.65. The van der Waals surface area contributed by atoms with Gasteiger partial charge in [0.15, 0.2) is 0 Å². The van der Waals surface area contributed by atoms with E-state index in [4.69, 9.17) is 0 Å². The highest BCUT2D eigenvalue weighted by molar-refractivity contribution is 9.10. The summed E-state index contributed by atoms with van der Waals surface area (Å²) in [4.78, 5) is 0. The largest absolute Gasteiger partial charge is 0.312 e. The molecule has 0 saturated carbocycles. The molecule has 19 heavy (non-hydrogen) atoms. The van der Waals surface area contributed by atoms with Crippen molar-refractivity contribution in [2.75, 3.05) is 6.54 Å². The van der Waals surface area contributed by atoms with Crippen LogP contribution in [0.2, 0.25) is 0 Å². The first-order chi connectivity index (χ1) is 9.22. The predicted octanol–water partition coefficient (Wildman–Crippen LogP) is 3.37. The smallest absolute Gasteiger partial charge is 0.0568 e. The molecule has 1 N–H and O–H groups in total. The molecule has 1 fully saturated rings. The Morgan fingerprint density at radius 1 is 1.47 bits per heavy atom. The second-order valence-corrected chi connectivity index (χ2v) is 6.12. The Labute approximate surface area is 122 Å². The van der Waals surface area contributed by atoms with Crippen molar-refractivity contribution >= 4 is 15.9 Å². The Morgan fingerprint density at radius 2 is 2.37 bits per heavy atom. The van der Waals surface area contributed by atoms with E-state index in [9.17, 15) is 0 Å². The Bertz CT molecular complexity index is 571. The highest BCUT2D eigenvalue weighted by Gasteiger charge is 2.15. The van der Waals surface area contributed by atoms with Crippen LogP contribution in [0.5, 0.6) is 0 Å². The van der Waals surface area contributed by atoms with Gasteiger partial charge in [0.25, 0.3) is 0 Å². The Hall–Kier alpha value is -1.13. The van der Waals surface area contributed by atoms with Crippen molar-refractivity contribution in [2.45, 2.75) is 32.4 Å². The number of nitrogens with zero attached hydrogens (tertiary/aromatic N) is 2. The van der Waals surface area contributed by atoms with Crippen LogP contribution in [0.15, 0.2) is 35.1 Å². The summed E-state index contributed by atoms with van der Waals surface area (Å²) in [5.41, 5.74) is 3.73. The van der Waals surface area contributed by atoms with Crippen LogP contribution < -0.4 is 5.32 Å². The first-order valence-corrected chi connectivity index (χ1v) is 7.54. The Balaban J connectivity index is 1.80. The topological polar surface area (TPSA) is 29.9 Å². The summed E-state index contributed by atoms with van der Waals surface area (Å²) in [7, 11) is 0. The zero-order valence-electron chi connectivity index (χ0n) is 11.1. The maximum Gasteiger partial charge on any atom is 0.0568 e. The van der Waals surface area contributed by atoms with E-state index in [1.54, 1.807) is 0 Å². The van der Waals surface area contributed by atoms with Crippen LogP contribution in [0.1, 0.15) is 18.4 Å². The fourth-order valence-electron chi connectivity index (χ4n) is 2.69. The van der Waals surface area contributed by atoms with E-state index in [0.29, 0.717) is 6.04 Å². The molecule has 1 aromatic carbocycles. The lowest BCUT2D eigenvalue weighted by atomic mass is 10.0. The highest BCUT2D eigenvalue weighted by atomic mass is 79.9. The third kappa shape index (κ3) is 2.90. The SMILES string of the molecule is Cc1cc(Br)ccc1-c1cnn(CC2CCCN2)c1. The maximum atomic E-state index is 4.48. The van der Waals surface area contributed by atoms with Gasteiger partial charge in [-0.05, 0) is 49.6 Å². The molecule has 1 unspecified atom stereocenters. The third-order valence-electron chi connectivity index (χ3n) is 3.70. The molecule has 1 aromatic heterocycles. The third-order valence-corrected chi connectivity index (χ3v) is 4.20. The molecule has 0 bridgehead atoms. The quantitative estimate of drug-likeness (QED) is 0.940. The van der Waals surface area contributed by atoms with Gasteiger partial charge in [-0.1, -0.05) is 22.0 Å². The molecule has 1 aliphatic rings. The second-order valence-electron chi connectivity index (χ2n) is 5.20. The van der Waals surface area contributed by atoms with Crippen LogP contribution in [0.3, 0.4) is 0 Å². The number of hydrogen-bond acceptors (Lipinski definition) is 2. The number of benzene rings is 1. The summed E-state index contributed by atoms with van der Waals surface area (Å²) in [6.45, 7) is 4.25. The van der Waals surface area contributed by atoms with Gasteiger partial charge in [-0.15, -0.1) is 0 Å². The summed E-state index contributed by atoms with van der Waals surface area (Å²) in [5, 5.41) is 7.99. The maximum absolute atomic E-state index is 4.48. The molecule has 2 heterocycles. The van der Waals surface area contributed by atoms with E-state index < -0.39 is 0 Å². The zero-order chi connectivity index (χ0) is 13.2. The van der Waals surface area contributed by atoms with Gasteiger partial charge >= 0.3 is 0 Å². The molecular formula is C15H18BrN3. The van der Waals surface area contributed by atoms with Crippen LogP contribution in [-0.4, -0.2) is 22.4 Å². The molecular weight excluding hydrogens is 302 g/mol. The molecule has 1 atom stereocenters. The fraction of sp³-hybridized carbons (Fsp3) is 0.400. The summed E-state index contributed by atoms with van der Waals surface area (Å²) >= 11 is 3.50. The number of nitrogens with one attached hydrogen (secondary N) is 1. The molecule has 1 saturated heterocycles. The van der Waals surface area contributed by atoms with Gasteiger partial charge in [0, 0.05) is 22.3 Å². The van der Waals surface area contributed by atoms with E-state index in [2.05, 4.69) is 62.3 Å². The van der Waals surface area contributed by atoms with Gasteiger partial charge in [-0.25, -0.2) is 0 Å². The summed E-state index contributed by atoms with van der Waals surface area (Å²) in [6, 6.07) is 6.96. The molecule has 0 aliphatic carbocycles. The number of aromatic nitrogens is 2. The minimum atomic E-state index is 0.582. The molecule has 2 aromatic rings. The number of hydrogen-bond donors (Lipinski definition) is 1. The van der Waals surface area contributed by atoms with E-state index in [0.717, 1.165) is 17.6 Å². The lowest BCUT2D eigenvalue weighted by Gasteiger charge is -2.09. The molecule has 4 heteroatoms. The molecule has 1 aliphatic heterocycles. The average Bonchev–Trinajstić information content (AvgIpc) is 3.01. The van der Waals surface area contributed by atoms with Gasteiger partial charge in [0.1, 0.15) is 0 Å². The molecule has 3 rings (SSSR count). The summed E-state index contributed by atoms with van der Waals surface area (Å²) < 4.78 is 3.18. The summed E-state index contributed by atoms with van der Waals surface area (Å²) in [5.74, 6) is 0. The second kappa shape index (κ2) is 5.47. The zero-order valence-corrected chi connectivity index (χ0v) is 12.7. The van der Waals surface area contributed by atoms with E-state index >= 15 is 0 Å². The highest BCUT2D eigenvalue weighted by Crippen LogP contribution is 2.25. The molecule has 100 valence electrons. The fourth-order valence-corrected chi connectivity index (χ4v) is 3.17. The van der Waals surface area contributed by atoms with Gasteiger partial charge in [-0.3, -0.25) is 4.68 Å². The van der Waals surface area contributed by atoms with Gasteiger partial charge in [-0.2, -0.15) is 5.10 Å². The van der Waals surface area contributed by atoms with Crippen molar-refractivity contribution in [3.63, 3.8) is 0 Å². The van der Waals surface area contributed by atoms with Crippen molar-refractivity contribution in [1.29, 1.82) is 0 Å².